The summed E-state index contributed by atoms with van der Waals surface area (Å²) in [5.74, 6) is 0.746. The lowest BCUT2D eigenvalue weighted by molar-refractivity contribution is -0.127. The Morgan fingerprint density at radius 2 is 2.25 bits per heavy atom. The minimum absolute atomic E-state index is 0.0342. The maximum Gasteiger partial charge on any atom is 0.269 e. The number of ether oxygens (including phenoxy) is 1. The number of carbonyl (C=O) groups excluding carboxylic acids is 2. The largest absolute Gasteiger partial charge is 0.381 e. The van der Waals surface area contributed by atoms with E-state index in [2.05, 4.69) is 17.2 Å². The molecule has 2 amide bonds. The van der Waals surface area contributed by atoms with Crippen molar-refractivity contribution in [3.05, 3.63) is 29.9 Å². The quantitative estimate of drug-likeness (QED) is 0.600. The molecule has 0 unspecified atom stereocenters. The fourth-order valence-corrected chi connectivity index (χ4v) is 2.58. The third-order valence-electron chi connectivity index (χ3n) is 3.93. The molecule has 0 saturated carbocycles. The van der Waals surface area contributed by atoms with Crippen LogP contribution in [0.15, 0.2) is 18.3 Å². The summed E-state index contributed by atoms with van der Waals surface area (Å²) in [5.41, 5.74) is 0.539. The second-order valence-electron chi connectivity index (χ2n) is 5.96. The van der Waals surface area contributed by atoms with Crippen LogP contribution in [0.4, 0.5) is 0 Å². The van der Waals surface area contributed by atoms with Gasteiger partial charge in [0.05, 0.1) is 19.3 Å². The number of amides is 2. The maximum absolute atomic E-state index is 12.3. The van der Waals surface area contributed by atoms with Crippen molar-refractivity contribution in [2.45, 2.75) is 33.4 Å². The Labute approximate surface area is 142 Å². The molecule has 2 rings (SSSR count). The molecule has 132 valence electrons. The molecule has 2 heterocycles. The van der Waals surface area contributed by atoms with Gasteiger partial charge in [-0.15, -0.1) is 0 Å². The van der Waals surface area contributed by atoms with Crippen molar-refractivity contribution in [3.8, 4) is 0 Å². The lowest BCUT2D eigenvalue weighted by Crippen LogP contribution is -2.38. The number of imidazole rings is 1. The molecule has 7 heteroatoms. The van der Waals surface area contributed by atoms with Crippen molar-refractivity contribution in [1.29, 1.82) is 0 Å². The fourth-order valence-electron chi connectivity index (χ4n) is 2.58. The first-order valence-electron chi connectivity index (χ1n) is 8.38. The van der Waals surface area contributed by atoms with E-state index >= 15 is 0 Å². The van der Waals surface area contributed by atoms with Gasteiger partial charge in [0.15, 0.2) is 0 Å². The zero-order valence-electron chi connectivity index (χ0n) is 14.6. The van der Waals surface area contributed by atoms with Crippen molar-refractivity contribution in [3.63, 3.8) is 0 Å². The molecule has 1 aromatic heterocycles. The lowest BCUT2D eigenvalue weighted by Gasteiger charge is -2.27. The second kappa shape index (κ2) is 8.63. The molecule has 0 radical (unpaired) electrons. The van der Waals surface area contributed by atoms with Gasteiger partial charge in [-0.2, -0.15) is 0 Å². The highest BCUT2D eigenvalue weighted by Crippen LogP contribution is 2.15. The van der Waals surface area contributed by atoms with E-state index in [1.807, 2.05) is 17.6 Å². The number of nitrogens with one attached hydrogen (secondary N) is 1. The molecule has 0 bridgehead atoms. The zero-order chi connectivity index (χ0) is 17.5. The molecule has 24 heavy (non-hydrogen) atoms. The van der Waals surface area contributed by atoms with Gasteiger partial charge in [-0.05, 0) is 18.4 Å². The van der Waals surface area contributed by atoms with Crippen molar-refractivity contribution in [2.24, 2.45) is 5.92 Å². The van der Waals surface area contributed by atoms with Crippen LogP contribution in [0.5, 0.6) is 0 Å². The van der Waals surface area contributed by atoms with Gasteiger partial charge in [-0.25, -0.2) is 4.98 Å². The third-order valence-corrected chi connectivity index (χ3v) is 3.93. The minimum atomic E-state index is -0.158. The summed E-state index contributed by atoms with van der Waals surface area (Å²) < 4.78 is 7.35. The highest BCUT2D eigenvalue weighted by molar-refractivity contribution is 5.92. The molecular formula is C17H26N4O3. The molecule has 0 aliphatic carbocycles. The molecule has 1 aliphatic rings. The van der Waals surface area contributed by atoms with Crippen LogP contribution in [-0.2, 0) is 22.6 Å². The van der Waals surface area contributed by atoms with Crippen molar-refractivity contribution in [2.75, 3.05) is 26.8 Å². The summed E-state index contributed by atoms with van der Waals surface area (Å²) in [4.78, 5) is 30.1. The van der Waals surface area contributed by atoms with Crippen LogP contribution < -0.4 is 5.32 Å². The predicted molar refractivity (Wildman–Crippen MR) is 90.4 cm³/mol. The Morgan fingerprint density at radius 3 is 2.96 bits per heavy atom. The van der Waals surface area contributed by atoms with Gasteiger partial charge < -0.3 is 19.5 Å². The number of nitrogens with zero attached hydrogens (tertiary/aromatic N) is 3. The van der Waals surface area contributed by atoms with Gasteiger partial charge in [-0.3, -0.25) is 9.59 Å². The van der Waals surface area contributed by atoms with Crippen LogP contribution in [0, 0.1) is 5.92 Å². The normalized spacial score (nSPS) is 15.4. The Hall–Kier alpha value is -2.15. The summed E-state index contributed by atoms with van der Waals surface area (Å²) in [6.45, 7) is 7.02. The maximum atomic E-state index is 12.3. The fraction of sp³-hybridized carbons (Fsp3) is 0.588. The number of hydrogen-bond donors (Lipinski definition) is 1. The van der Waals surface area contributed by atoms with E-state index in [-0.39, 0.29) is 17.7 Å². The van der Waals surface area contributed by atoms with Crippen LogP contribution >= 0.6 is 0 Å². The van der Waals surface area contributed by atoms with E-state index in [1.54, 1.807) is 24.2 Å². The summed E-state index contributed by atoms with van der Waals surface area (Å²) >= 11 is 0. The third kappa shape index (κ3) is 4.44. The molecule has 0 fully saturated rings. The molecule has 1 N–H and O–H groups in total. The van der Waals surface area contributed by atoms with Crippen molar-refractivity contribution in [1.82, 2.24) is 19.8 Å². The van der Waals surface area contributed by atoms with Gasteiger partial charge in [0, 0.05) is 26.7 Å². The number of hydrogen-bond acceptors (Lipinski definition) is 4. The van der Waals surface area contributed by atoms with Crippen LogP contribution in [-0.4, -0.2) is 53.1 Å². The van der Waals surface area contributed by atoms with Gasteiger partial charge in [0.1, 0.15) is 11.5 Å². The first-order valence-corrected chi connectivity index (χ1v) is 8.38. The highest BCUT2D eigenvalue weighted by atomic mass is 16.5. The Bertz CT molecular complexity index is 609. The Morgan fingerprint density at radius 1 is 1.46 bits per heavy atom. The molecule has 7 nitrogen and oxygen atoms in total. The number of rotatable bonds is 7. The summed E-state index contributed by atoms with van der Waals surface area (Å²) in [6, 6.07) is 0. The van der Waals surface area contributed by atoms with E-state index in [9.17, 15) is 9.59 Å². The molecule has 0 aromatic carbocycles. The Balaban J connectivity index is 1.92. The molecule has 1 aliphatic heterocycles. The zero-order valence-corrected chi connectivity index (χ0v) is 14.6. The average Bonchev–Trinajstić information content (AvgIpc) is 3.02. The highest BCUT2D eigenvalue weighted by Gasteiger charge is 2.24. The number of aromatic nitrogens is 2. The number of fused-ring (bicyclic) bond motifs is 1. The molecule has 0 spiro atoms. The summed E-state index contributed by atoms with van der Waals surface area (Å²) in [7, 11) is 1.59. The van der Waals surface area contributed by atoms with Gasteiger partial charge in [0.25, 0.3) is 5.91 Å². The van der Waals surface area contributed by atoms with Crippen molar-refractivity contribution < 1.29 is 14.3 Å². The first-order chi connectivity index (χ1) is 11.6. The standard InChI is InChI=1S/C17H26N4O3/c1-4-9-24-12-13(2)5-6-16(22)20-7-8-21-14(17(23)18-3)10-19-15(21)11-20/h5-6,10,13H,4,7-9,11-12H2,1-3H3,(H,18,23)/b6-5+/t13-/m1/s1. The SMILES string of the molecule is CCCOC[C@H](C)/C=C/C(=O)N1CCn2c(C(=O)NC)cnc2C1. The number of carbonyl (C=O) groups is 2. The van der Waals surface area contributed by atoms with Gasteiger partial charge in [-0.1, -0.05) is 19.9 Å². The summed E-state index contributed by atoms with van der Waals surface area (Å²) in [6.07, 6.45) is 6.05. The van der Waals surface area contributed by atoms with Gasteiger partial charge >= 0.3 is 0 Å². The van der Waals surface area contributed by atoms with Crippen LogP contribution in [0.3, 0.4) is 0 Å². The lowest BCUT2D eigenvalue weighted by atomic mass is 10.2. The van der Waals surface area contributed by atoms with E-state index in [0.29, 0.717) is 31.9 Å². The Kier molecular flexibility index (Phi) is 6.54. The smallest absolute Gasteiger partial charge is 0.269 e. The molecule has 1 aromatic rings. The van der Waals surface area contributed by atoms with E-state index in [1.165, 1.54) is 0 Å². The minimum Gasteiger partial charge on any atom is -0.381 e. The van der Waals surface area contributed by atoms with E-state index < -0.39 is 0 Å². The first kappa shape index (κ1) is 18.2. The summed E-state index contributed by atoms with van der Waals surface area (Å²) in [5, 5.41) is 2.60. The van der Waals surface area contributed by atoms with E-state index in [4.69, 9.17) is 4.74 Å². The molecular weight excluding hydrogens is 308 g/mol. The molecule has 1 atom stereocenters. The van der Waals surface area contributed by atoms with Crippen LogP contribution in [0.1, 0.15) is 36.6 Å². The second-order valence-corrected chi connectivity index (χ2v) is 5.96. The van der Waals surface area contributed by atoms with E-state index in [0.717, 1.165) is 18.9 Å². The van der Waals surface area contributed by atoms with Crippen LogP contribution in [0.2, 0.25) is 0 Å². The average molecular weight is 334 g/mol. The molecule has 0 saturated heterocycles. The topological polar surface area (TPSA) is 76.5 Å². The van der Waals surface area contributed by atoms with Crippen LogP contribution in [0.25, 0.3) is 0 Å². The van der Waals surface area contributed by atoms with Crippen molar-refractivity contribution >= 4 is 11.8 Å². The predicted octanol–water partition coefficient (Wildman–Crippen LogP) is 1.20. The monoisotopic (exact) mass is 334 g/mol. The van der Waals surface area contributed by atoms with Gasteiger partial charge in [0.2, 0.25) is 5.91 Å².